The number of aromatic carboxylic acids is 1. The zero-order valence-electron chi connectivity index (χ0n) is 8.87. The van der Waals surface area contributed by atoms with Crippen molar-refractivity contribution in [3.63, 3.8) is 0 Å². The number of carbonyl (C=O) groups is 1. The van der Waals surface area contributed by atoms with Crippen LogP contribution in [0.15, 0.2) is 18.2 Å². The van der Waals surface area contributed by atoms with Crippen molar-refractivity contribution in [3.05, 3.63) is 23.8 Å². The second-order valence-electron chi connectivity index (χ2n) is 3.62. The Morgan fingerprint density at radius 1 is 1.18 bits per heavy atom. The Morgan fingerprint density at radius 2 is 1.82 bits per heavy atom. The van der Waals surface area contributed by atoms with E-state index in [0.29, 0.717) is 0 Å². The van der Waals surface area contributed by atoms with Gasteiger partial charge in [-0.15, -0.1) is 0 Å². The van der Waals surface area contributed by atoms with Gasteiger partial charge in [-0.25, -0.2) is 4.79 Å². The van der Waals surface area contributed by atoms with E-state index >= 15 is 0 Å². The summed E-state index contributed by atoms with van der Waals surface area (Å²) in [4.78, 5) is 11.0. The van der Waals surface area contributed by atoms with E-state index in [-0.39, 0.29) is 30.3 Å². The maximum absolute atomic E-state index is 11.0. The molecule has 1 aliphatic heterocycles. The van der Waals surface area contributed by atoms with E-state index in [0.717, 1.165) is 0 Å². The van der Waals surface area contributed by atoms with Gasteiger partial charge < -0.3 is 24.8 Å². The number of hydrogen-bond donors (Lipinski definition) is 3. The summed E-state index contributed by atoms with van der Waals surface area (Å²) in [6, 6.07) is 4.47. The van der Waals surface area contributed by atoms with Crippen molar-refractivity contribution in [2.45, 2.75) is 12.2 Å². The van der Waals surface area contributed by atoms with Gasteiger partial charge in [0.05, 0.1) is 13.2 Å². The van der Waals surface area contributed by atoms with Crippen LogP contribution in [0, 0.1) is 0 Å². The molecule has 0 spiro atoms. The van der Waals surface area contributed by atoms with Crippen molar-refractivity contribution in [3.8, 4) is 11.5 Å². The molecule has 0 bridgehead atoms. The van der Waals surface area contributed by atoms with E-state index in [4.69, 9.17) is 24.8 Å². The van der Waals surface area contributed by atoms with Crippen LogP contribution in [0.3, 0.4) is 0 Å². The van der Waals surface area contributed by atoms with Crippen LogP contribution in [0.25, 0.3) is 0 Å². The molecule has 92 valence electrons. The number of aliphatic hydroxyl groups excluding tert-OH is 2. The lowest BCUT2D eigenvalue weighted by Gasteiger charge is -2.32. The number of para-hydroxylation sites is 1. The molecule has 1 aromatic carbocycles. The number of carboxylic acid groups (broad SMARTS) is 1. The summed E-state index contributed by atoms with van der Waals surface area (Å²) in [6.45, 7) is -0.680. The normalized spacial score (nSPS) is 22.2. The third-order valence-corrected chi connectivity index (χ3v) is 2.53. The average Bonchev–Trinajstić information content (AvgIpc) is 2.35. The van der Waals surface area contributed by atoms with Crippen LogP contribution in [-0.4, -0.2) is 46.7 Å². The molecule has 0 saturated heterocycles. The molecule has 0 radical (unpaired) electrons. The van der Waals surface area contributed by atoms with Crippen molar-refractivity contribution in [1.82, 2.24) is 0 Å². The largest absolute Gasteiger partial charge is 0.480 e. The molecule has 17 heavy (non-hydrogen) atoms. The topological polar surface area (TPSA) is 96.2 Å². The van der Waals surface area contributed by atoms with Crippen molar-refractivity contribution in [1.29, 1.82) is 0 Å². The Hall–Kier alpha value is -1.79. The molecule has 1 aliphatic rings. The zero-order chi connectivity index (χ0) is 12.4. The van der Waals surface area contributed by atoms with E-state index in [2.05, 4.69) is 0 Å². The number of ether oxygens (including phenoxy) is 2. The second kappa shape index (κ2) is 4.60. The van der Waals surface area contributed by atoms with Gasteiger partial charge in [0.2, 0.25) is 0 Å². The molecule has 2 atom stereocenters. The van der Waals surface area contributed by atoms with E-state index in [1.807, 2.05) is 0 Å². The number of hydrogen-bond acceptors (Lipinski definition) is 5. The second-order valence-corrected chi connectivity index (χ2v) is 3.62. The molecule has 2 rings (SSSR count). The number of carboxylic acids is 1. The molecule has 0 fully saturated rings. The minimum Gasteiger partial charge on any atom is -0.480 e. The van der Waals surface area contributed by atoms with E-state index in [1.165, 1.54) is 12.1 Å². The van der Waals surface area contributed by atoms with Gasteiger partial charge in [0.25, 0.3) is 0 Å². The van der Waals surface area contributed by atoms with Crippen molar-refractivity contribution >= 4 is 5.97 Å². The highest BCUT2D eigenvalue weighted by atomic mass is 16.6. The van der Waals surface area contributed by atoms with Gasteiger partial charge in [0.15, 0.2) is 23.7 Å². The summed E-state index contributed by atoms with van der Waals surface area (Å²) in [6.07, 6.45) is -1.47. The molecular formula is C11H12O6. The quantitative estimate of drug-likeness (QED) is 0.681. The number of benzene rings is 1. The highest BCUT2D eigenvalue weighted by molar-refractivity contribution is 5.92. The lowest BCUT2D eigenvalue weighted by molar-refractivity contribution is -0.0356. The van der Waals surface area contributed by atoms with E-state index in [1.54, 1.807) is 6.07 Å². The summed E-state index contributed by atoms with van der Waals surface area (Å²) < 4.78 is 10.7. The van der Waals surface area contributed by atoms with Crippen LogP contribution in [0.4, 0.5) is 0 Å². The SMILES string of the molecule is O=C(O)c1cccc2c1O[C@H](CO)[C@@H](CO)O2. The number of rotatable bonds is 3. The Bertz CT molecular complexity index is 430. The highest BCUT2D eigenvalue weighted by Gasteiger charge is 2.33. The highest BCUT2D eigenvalue weighted by Crippen LogP contribution is 2.37. The lowest BCUT2D eigenvalue weighted by Crippen LogP contribution is -2.44. The lowest BCUT2D eigenvalue weighted by atomic mass is 10.1. The molecule has 6 nitrogen and oxygen atoms in total. The minimum atomic E-state index is -1.13. The third kappa shape index (κ3) is 2.04. The van der Waals surface area contributed by atoms with Gasteiger partial charge in [-0.2, -0.15) is 0 Å². The first-order valence-corrected chi connectivity index (χ1v) is 5.08. The van der Waals surface area contributed by atoms with Gasteiger partial charge in [0, 0.05) is 0 Å². The molecule has 1 heterocycles. The Kier molecular flexibility index (Phi) is 3.16. The van der Waals surface area contributed by atoms with Crippen molar-refractivity contribution in [2.24, 2.45) is 0 Å². The van der Waals surface area contributed by atoms with Crippen LogP contribution in [0.5, 0.6) is 11.5 Å². The Balaban J connectivity index is 2.41. The minimum absolute atomic E-state index is 0.0302. The molecule has 3 N–H and O–H groups in total. The molecule has 1 aromatic rings. The van der Waals surface area contributed by atoms with Crippen LogP contribution >= 0.6 is 0 Å². The molecular weight excluding hydrogens is 228 g/mol. The smallest absolute Gasteiger partial charge is 0.339 e. The van der Waals surface area contributed by atoms with Crippen LogP contribution in [0.2, 0.25) is 0 Å². The molecule has 0 unspecified atom stereocenters. The van der Waals surface area contributed by atoms with Gasteiger partial charge >= 0.3 is 5.97 Å². The average molecular weight is 240 g/mol. The van der Waals surface area contributed by atoms with Gasteiger partial charge in [-0.3, -0.25) is 0 Å². The third-order valence-electron chi connectivity index (χ3n) is 2.53. The maximum atomic E-state index is 11.0. The van der Waals surface area contributed by atoms with Crippen LogP contribution in [-0.2, 0) is 0 Å². The van der Waals surface area contributed by atoms with Crippen LogP contribution < -0.4 is 9.47 Å². The Labute approximate surface area is 97.0 Å². The molecule has 6 heteroatoms. The molecule has 0 saturated carbocycles. The summed E-state index contributed by atoms with van der Waals surface area (Å²) in [5, 5.41) is 27.1. The monoisotopic (exact) mass is 240 g/mol. The zero-order valence-corrected chi connectivity index (χ0v) is 8.87. The van der Waals surface area contributed by atoms with Gasteiger partial charge in [0.1, 0.15) is 5.56 Å². The number of fused-ring (bicyclic) bond motifs is 1. The molecule has 0 amide bonds. The van der Waals surface area contributed by atoms with Crippen molar-refractivity contribution < 1.29 is 29.6 Å². The first-order chi connectivity index (χ1) is 8.17. The Morgan fingerprint density at radius 3 is 2.41 bits per heavy atom. The fourth-order valence-electron chi connectivity index (χ4n) is 1.67. The summed E-state index contributed by atoms with van der Waals surface area (Å²) in [7, 11) is 0. The van der Waals surface area contributed by atoms with Gasteiger partial charge in [-0.1, -0.05) is 6.07 Å². The first kappa shape index (κ1) is 11.7. The molecule has 0 aromatic heterocycles. The van der Waals surface area contributed by atoms with Crippen molar-refractivity contribution in [2.75, 3.05) is 13.2 Å². The number of aliphatic hydroxyl groups is 2. The summed E-state index contributed by atoms with van der Waals surface area (Å²) in [5.74, 6) is -0.790. The predicted octanol–water partition coefficient (Wildman–Crippen LogP) is -0.122. The first-order valence-electron chi connectivity index (χ1n) is 5.08. The molecule has 0 aliphatic carbocycles. The standard InChI is InChI=1S/C11H12O6/c12-4-8-9(5-13)17-10-6(11(14)15)2-1-3-7(10)16-8/h1-3,8-9,12-13H,4-5H2,(H,14,15)/t8-,9-/m1/s1. The fourth-order valence-corrected chi connectivity index (χ4v) is 1.67. The predicted molar refractivity (Wildman–Crippen MR) is 56.4 cm³/mol. The summed E-state index contributed by atoms with van der Waals surface area (Å²) >= 11 is 0. The maximum Gasteiger partial charge on any atom is 0.339 e. The van der Waals surface area contributed by atoms with Crippen LogP contribution in [0.1, 0.15) is 10.4 Å². The fraction of sp³-hybridized carbons (Fsp3) is 0.364. The van der Waals surface area contributed by atoms with E-state index < -0.39 is 18.2 Å². The van der Waals surface area contributed by atoms with E-state index in [9.17, 15) is 4.79 Å². The van der Waals surface area contributed by atoms with Gasteiger partial charge in [-0.05, 0) is 12.1 Å². The summed E-state index contributed by atoms with van der Waals surface area (Å²) in [5.41, 5.74) is -0.0302.